The van der Waals surface area contributed by atoms with Crippen molar-refractivity contribution in [2.75, 3.05) is 6.54 Å². The largest absolute Gasteiger partial charge is 0.481 e. The predicted octanol–water partition coefficient (Wildman–Crippen LogP) is -0.752. The van der Waals surface area contributed by atoms with Crippen molar-refractivity contribution in [3.8, 4) is 0 Å². The van der Waals surface area contributed by atoms with E-state index in [9.17, 15) is 24.0 Å². The van der Waals surface area contributed by atoms with Crippen molar-refractivity contribution in [2.45, 2.75) is 51.2 Å². The molecule has 0 saturated carbocycles. The molecular weight excluding hydrogens is 420 g/mol. The van der Waals surface area contributed by atoms with E-state index in [1.165, 1.54) is 0 Å². The third-order valence-corrected chi connectivity index (χ3v) is 4.41. The summed E-state index contributed by atoms with van der Waals surface area (Å²) in [6, 6.07) is 5.70. The summed E-state index contributed by atoms with van der Waals surface area (Å²) in [6.45, 7) is 3.13. The van der Waals surface area contributed by atoms with Gasteiger partial charge in [-0.1, -0.05) is 44.2 Å². The van der Waals surface area contributed by atoms with Gasteiger partial charge in [0.15, 0.2) is 0 Å². The van der Waals surface area contributed by atoms with Gasteiger partial charge in [0.05, 0.1) is 19.0 Å². The number of nitrogens with one attached hydrogen (secondary N) is 3. The summed E-state index contributed by atoms with van der Waals surface area (Å²) in [5.74, 6) is -4.90. The summed E-state index contributed by atoms with van der Waals surface area (Å²) in [5, 5.41) is 24.6. The highest BCUT2D eigenvalue weighted by Gasteiger charge is 2.26. The number of hydrogen-bond donors (Lipinski definition) is 6. The van der Waals surface area contributed by atoms with E-state index in [2.05, 4.69) is 10.6 Å². The van der Waals surface area contributed by atoms with Crippen LogP contribution in [-0.2, 0) is 30.4 Å². The normalized spacial score (nSPS) is 13.5. The number of carbonyl (C=O) groups is 5. The first-order chi connectivity index (χ1) is 15.0. The molecule has 0 aromatic heterocycles. The highest BCUT2D eigenvalue weighted by molar-refractivity contribution is 5.93. The van der Waals surface area contributed by atoms with E-state index >= 15 is 0 Å². The molecule has 1 aromatic carbocycles. The Labute approximate surface area is 185 Å². The van der Waals surface area contributed by atoms with Gasteiger partial charge in [-0.2, -0.15) is 0 Å². The summed E-state index contributed by atoms with van der Waals surface area (Å²) in [7, 11) is 0. The average molecular weight is 450 g/mol. The van der Waals surface area contributed by atoms with Crippen LogP contribution >= 0.6 is 0 Å². The van der Waals surface area contributed by atoms with Crippen LogP contribution < -0.4 is 21.7 Å². The standard InChI is InChI=1S/C21H30N4O7/c1-12(2)8-15(25-19(29)14(22)9-13-6-4-3-5-7-13)20(30)23-11-17(26)24-16(21(31)32)10-18(27)28/h3-7,12,14-16H,8-11,22H2,1-2H3,(H,23,30)(H,24,26)(H,25,29)(H,27,28)(H,31,32). The molecule has 3 unspecified atom stereocenters. The van der Waals surface area contributed by atoms with Gasteiger partial charge in [0.1, 0.15) is 12.1 Å². The van der Waals surface area contributed by atoms with Crippen LogP contribution in [0.1, 0.15) is 32.3 Å². The predicted molar refractivity (Wildman–Crippen MR) is 114 cm³/mol. The molecule has 3 atom stereocenters. The lowest BCUT2D eigenvalue weighted by atomic mass is 10.0. The number of benzene rings is 1. The fourth-order valence-electron chi connectivity index (χ4n) is 2.85. The van der Waals surface area contributed by atoms with E-state index in [0.29, 0.717) is 0 Å². The topological polar surface area (TPSA) is 188 Å². The van der Waals surface area contributed by atoms with Gasteiger partial charge in [-0.25, -0.2) is 4.79 Å². The van der Waals surface area contributed by atoms with Crippen molar-refractivity contribution in [1.29, 1.82) is 0 Å². The highest BCUT2D eigenvalue weighted by atomic mass is 16.4. The molecule has 176 valence electrons. The van der Waals surface area contributed by atoms with Crippen LogP contribution in [0.3, 0.4) is 0 Å². The van der Waals surface area contributed by atoms with Crippen LogP contribution in [0.5, 0.6) is 0 Å². The summed E-state index contributed by atoms with van der Waals surface area (Å²) in [4.78, 5) is 58.7. The van der Waals surface area contributed by atoms with Gasteiger partial charge in [-0.15, -0.1) is 0 Å². The zero-order valence-corrected chi connectivity index (χ0v) is 18.0. The molecule has 0 heterocycles. The number of carbonyl (C=O) groups excluding carboxylic acids is 3. The van der Waals surface area contributed by atoms with E-state index in [0.717, 1.165) is 5.56 Å². The number of aliphatic carboxylic acids is 2. The maximum Gasteiger partial charge on any atom is 0.326 e. The Morgan fingerprint density at radius 1 is 0.938 bits per heavy atom. The molecule has 32 heavy (non-hydrogen) atoms. The summed E-state index contributed by atoms with van der Waals surface area (Å²) < 4.78 is 0. The second-order valence-corrected chi connectivity index (χ2v) is 7.76. The fraction of sp³-hybridized carbons (Fsp3) is 0.476. The molecule has 11 heteroatoms. The summed E-state index contributed by atoms with van der Waals surface area (Å²) >= 11 is 0. The number of nitrogens with two attached hydrogens (primary N) is 1. The number of rotatable bonds is 13. The van der Waals surface area contributed by atoms with Crippen molar-refractivity contribution >= 4 is 29.7 Å². The molecule has 7 N–H and O–H groups in total. The van der Waals surface area contributed by atoms with Crippen molar-refractivity contribution in [3.05, 3.63) is 35.9 Å². The summed E-state index contributed by atoms with van der Waals surface area (Å²) in [6.07, 6.45) is -0.236. The number of amides is 3. The van der Waals surface area contributed by atoms with E-state index in [4.69, 9.17) is 15.9 Å². The van der Waals surface area contributed by atoms with E-state index < -0.39 is 60.8 Å². The lowest BCUT2D eigenvalue weighted by Crippen LogP contribution is -2.54. The van der Waals surface area contributed by atoms with Crippen molar-refractivity contribution in [2.24, 2.45) is 11.7 Å². The molecule has 1 aromatic rings. The zero-order valence-electron chi connectivity index (χ0n) is 18.0. The first-order valence-electron chi connectivity index (χ1n) is 10.1. The molecule has 0 aliphatic carbocycles. The Bertz CT molecular complexity index is 814. The van der Waals surface area contributed by atoms with E-state index in [1.54, 1.807) is 0 Å². The van der Waals surface area contributed by atoms with Crippen LogP contribution in [-0.4, -0.2) is 64.5 Å². The van der Waals surface area contributed by atoms with Gasteiger partial charge in [0.25, 0.3) is 0 Å². The van der Waals surface area contributed by atoms with Gasteiger partial charge in [0, 0.05) is 0 Å². The second kappa shape index (κ2) is 13.1. The lowest BCUT2D eigenvalue weighted by Gasteiger charge is -2.22. The quantitative estimate of drug-likeness (QED) is 0.226. The maximum atomic E-state index is 12.5. The molecule has 11 nitrogen and oxygen atoms in total. The monoisotopic (exact) mass is 450 g/mol. The van der Waals surface area contributed by atoms with Crippen LogP contribution in [0.15, 0.2) is 30.3 Å². The highest BCUT2D eigenvalue weighted by Crippen LogP contribution is 2.07. The molecule has 0 saturated heterocycles. The smallest absolute Gasteiger partial charge is 0.326 e. The zero-order chi connectivity index (χ0) is 24.3. The number of hydrogen-bond acceptors (Lipinski definition) is 6. The Hall–Kier alpha value is -3.47. The Balaban J connectivity index is 2.66. The van der Waals surface area contributed by atoms with Crippen LogP contribution in [0, 0.1) is 5.92 Å². The molecule has 0 aliphatic heterocycles. The molecule has 0 bridgehead atoms. The molecule has 0 radical (unpaired) electrons. The first-order valence-corrected chi connectivity index (χ1v) is 10.1. The number of carboxylic acid groups (broad SMARTS) is 2. The average Bonchev–Trinajstić information content (AvgIpc) is 2.70. The Kier molecular flexibility index (Phi) is 10.8. The van der Waals surface area contributed by atoms with Gasteiger partial charge in [-0.3, -0.25) is 19.2 Å². The molecule has 0 spiro atoms. The van der Waals surface area contributed by atoms with Gasteiger partial charge >= 0.3 is 11.9 Å². The molecule has 1 rings (SSSR count). The van der Waals surface area contributed by atoms with Gasteiger partial charge < -0.3 is 31.9 Å². The minimum atomic E-state index is -1.63. The van der Waals surface area contributed by atoms with Crippen molar-refractivity contribution in [1.82, 2.24) is 16.0 Å². The van der Waals surface area contributed by atoms with Crippen LogP contribution in [0.2, 0.25) is 0 Å². The van der Waals surface area contributed by atoms with Crippen LogP contribution in [0.4, 0.5) is 0 Å². The molecule has 0 fully saturated rings. The first kappa shape index (κ1) is 26.6. The third-order valence-electron chi connectivity index (χ3n) is 4.41. The SMILES string of the molecule is CC(C)CC(NC(=O)C(N)Cc1ccccc1)C(=O)NCC(=O)NC(CC(=O)O)C(=O)O. The Morgan fingerprint density at radius 2 is 1.56 bits per heavy atom. The van der Waals surface area contributed by atoms with Crippen molar-refractivity contribution < 1.29 is 34.2 Å². The van der Waals surface area contributed by atoms with Crippen LogP contribution in [0.25, 0.3) is 0 Å². The number of carboxylic acids is 2. The van der Waals surface area contributed by atoms with Gasteiger partial charge in [-0.05, 0) is 24.3 Å². The van der Waals surface area contributed by atoms with E-state index in [-0.39, 0.29) is 18.8 Å². The lowest BCUT2D eigenvalue weighted by molar-refractivity contribution is -0.147. The minimum absolute atomic E-state index is 0.0391. The maximum absolute atomic E-state index is 12.5. The minimum Gasteiger partial charge on any atom is -0.481 e. The third kappa shape index (κ3) is 10.0. The molecular formula is C21H30N4O7. The van der Waals surface area contributed by atoms with E-state index in [1.807, 2.05) is 49.5 Å². The molecule has 3 amide bonds. The summed E-state index contributed by atoms with van der Waals surface area (Å²) in [5.41, 5.74) is 6.83. The second-order valence-electron chi connectivity index (χ2n) is 7.76. The van der Waals surface area contributed by atoms with Gasteiger partial charge in [0.2, 0.25) is 17.7 Å². The van der Waals surface area contributed by atoms with Crippen molar-refractivity contribution in [3.63, 3.8) is 0 Å². The Morgan fingerprint density at radius 3 is 2.09 bits per heavy atom. The molecule has 0 aliphatic rings. The fourth-order valence-corrected chi connectivity index (χ4v) is 2.85.